The Morgan fingerprint density at radius 2 is 1.58 bits per heavy atom. The number of likely N-dealkylation sites (tertiary alicyclic amines) is 1. The largest absolute Gasteiger partial charge is 0.343 e. The Kier molecular flexibility index (Phi) is 5.62. The maximum Gasteiger partial charge on any atom is 0.285 e. The lowest BCUT2D eigenvalue weighted by Crippen LogP contribution is -2.55. The third-order valence-corrected chi connectivity index (χ3v) is 7.97. The summed E-state index contributed by atoms with van der Waals surface area (Å²) in [5.74, 6) is 0.233. The van der Waals surface area contributed by atoms with Gasteiger partial charge in [-0.1, -0.05) is 23.7 Å². The molecule has 5 rings (SSSR count). The Morgan fingerprint density at radius 3 is 2.30 bits per heavy atom. The Bertz CT molecular complexity index is 1240. The van der Waals surface area contributed by atoms with Gasteiger partial charge in [0.25, 0.3) is 15.9 Å². The molecule has 33 heavy (non-hydrogen) atoms. The van der Waals surface area contributed by atoms with Crippen molar-refractivity contribution in [2.24, 2.45) is 4.40 Å². The van der Waals surface area contributed by atoms with Crippen LogP contribution in [0.15, 0.2) is 57.8 Å². The van der Waals surface area contributed by atoms with Gasteiger partial charge in [-0.15, -0.1) is 4.40 Å². The molecule has 2 aromatic carbocycles. The van der Waals surface area contributed by atoms with Crippen molar-refractivity contribution in [3.63, 3.8) is 0 Å². The van der Waals surface area contributed by atoms with Gasteiger partial charge < -0.3 is 14.7 Å². The number of amides is 2. The number of rotatable bonds is 2. The Morgan fingerprint density at radius 1 is 0.909 bits per heavy atom. The number of hydrogen-bond acceptors (Lipinski definition) is 5. The maximum absolute atomic E-state index is 13.4. The zero-order chi connectivity index (χ0) is 23.2. The van der Waals surface area contributed by atoms with Crippen LogP contribution < -0.4 is 0 Å². The molecule has 0 N–H and O–H groups in total. The Hall–Kier alpha value is -2.91. The predicted molar refractivity (Wildman–Crippen MR) is 124 cm³/mol. The number of amidine groups is 1. The van der Waals surface area contributed by atoms with Gasteiger partial charge in [-0.3, -0.25) is 9.59 Å². The number of carbonyl (C=O) groups is 2. The molecule has 2 saturated heterocycles. The Balaban J connectivity index is 1.28. The third kappa shape index (κ3) is 4.00. The highest BCUT2D eigenvalue weighted by atomic mass is 35.5. The molecular formula is C23H23ClN4O4S. The standard InChI is InChI=1S/C23H23ClN4O4S/c24-17-9-7-16(8-10-17)22(29)26-12-14-27(15-13-26)23(30)19-5-3-11-28(19)21-18-4-1-2-6-20(18)33(31,32)25-21/h1-2,4,6-10,19H,3,5,11-15H2/t19-/m0/s1. The molecule has 0 aromatic heterocycles. The molecule has 8 nitrogen and oxygen atoms in total. The van der Waals surface area contributed by atoms with Crippen molar-refractivity contribution in [2.75, 3.05) is 32.7 Å². The van der Waals surface area contributed by atoms with Crippen LogP contribution in [0.3, 0.4) is 0 Å². The van der Waals surface area contributed by atoms with E-state index in [1.807, 2.05) is 4.90 Å². The van der Waals surface area contributed by atoms with Gasteiger partial charge in [-0.2, -0.15) is 8.42 Å². The van der Waals surface area contributed by atoms with E-state index in [1.54, 1.807) is 58.3 Å². The van der Waals surface area contributed by atoms with Crippen LogP contribution >= 0.6 is 11.6 Å². The van der Waals surface area contributed by atoms with Gasteiger partial charge in [-0.05, 0) is 49.2 Å². The van der Waals surface area contributed by atoms with Gasteiger partial charge in [0.2, 0.25) is 5.91 Å². The van der Waals surface area contributed by atoms with Gasteiger partial charge >= 0.3 is 0 Å². The van der Waals surface area contributed by atoms with Crippen LogP contribution in [0.5, 0.6) is 0 Å². The number of carbonyl (C=O) groups excluding carboxylic acids is 2. The number of halogens is 1. The smallest absolute Gasteiger partial charge is 0.285 e. The number of hydrogen-bond donors (Lipinski definition) is 0. The van der Waals surface area contributed by atoms with E-state index in [2.05, 4.69) is 4.40 Å². The summed E-state index contributed by atoms with van der Waals surface area (Å²) in [4.78, 5) is 31.7. The second-order valence-electron chi connectivity index (χ2n) is 8.36. The van der Waals surface area contributed by atoms with Crippen molar-refractivity contribution in [1.82, 2.24) is 14.7 Å². The van der Waals surface area contributed by atoms with Crippen molar-refractivity contribution in [2.45, 2.75) is 23.8 Å². The van der Waals surface area contributed by atoms with Crippen molar-refractivity contribution >= 4 is 39.3 Å². The zero-order valence-electron chi connectivity index (χ0n) is 17.9. The summed E-state index contributed by atoms with van der Waals surface area (Å²) < 4.78 is 29.0. The SMILES string of the molecule is O=C(c1ccc(Cl)cc1)N1CCN(C(=O)[C@@H]2CCCN2C2=NS(=O)(=O)c3ccccc32)CC1. The topological polar surface area (TPSA) is 90.4 Å². The minimum atomic E-state index is -3.74. The van der Waals surface area contributed by atoms with E-state index in [0.29, 0.717) is 61.1 Å². The quantitative estimate of drug-likeness (QED) is 0.649. The van der Waals surface area contributed by atoms with E-state index in [0.717, 1.165) is 6.42 Å². The lowest BCUT2D eigenvalue weighted by molar-refractivity contribution is -0.136. The highest BCUT2D eigenvalue weighted by Gasteiger charge is 2.41. The van der Waals surface area contributed by atoms with Gasteiger partial charge in [0.1, 0.15) is 10.9 Å². The second kappa shape index (κ2) is 8.46. The number of sulfonamides is 1. The summed E-state index contributed by atoms with van der Waals surface area (Å²) in [6.07, 6.45) is 1.43. The summed E-state index contributed by atoms with van der Waals surface area (Å²) >= 11 is 5.91. The summed E-state index contributed by atoms with van der Waals surface area (Å²) in [5, 5.41) is 0.574. The summed E-state index contributed by atoms with van der Waals surface area (Å²) in [6.45, 7) is 2.33. The first-order valence-corrected chi connectivity index (χ1v) is 12.7. The van der Waals surface area contributed by atoms with Crippen LogP contribution in [0.25, 0.3) is 0 Å². The fourth-order valence-corrected chi connectivity index (χ4v) is 6.03. The molecule has 2 amide bonds. The van der Waals surface area contributed by atoms with Crippen molar-refractivity contribution in [3.05, 3.63) is 64.7 Å². The lowest BCUT2D eigenvalue weighted by Gasteiger charge is -2.37. The second-order valence-corrected chi connectivity index (χ2v) is 10.4. The molecular weight excluding hydrogens is 464 g/mol. The van der Waals surface area contributed by atoms with Crippen molar-refractivity contribution in [3.8, 4) is 0 Å². The first-order chi connectivity index (χ1) is 15.8. The molecule has 3 aliphatic heterocycles. The summed E-state index contributed by atoms with van der Waals surface area (Å²) in [7, 11) is -3.74. The number of nitrogens with zero attached hydrogens (tertiary/aromatic N) is 4. The van der Waals surface area contributed by atoms with Crippen molar-refractivity contribution in [1.29, 1.82) is 0 Å². The van der Waals surface area contributed by atoms with Crippen molar-refractivity contribution < 1.29 is 18.0 Å². The minimum Gasteiger partial charge on any atom is -0.343 e. The predicted octanol–water partition coefficient (Wildman–Crippen LogP) is 2.24. The molecule has 3 aliphatic rings. The molecule has 1 atom stereocenters. The van der Waals surface area contributed by atoms with Gasteiger partial charge in [-0.25, -0.2) is 0 Å². The molecule has 172 valence electrons. The minimum absolute atomic E-state index is 0.0458. The van der Waals surface area contributed by atoms with Crippen LogP contribution in [-0.4, -0.2) is 79.5 Å². The molecule has 0 saturated carbocycles. The zero-order valence-corrected chi connectivity index (χ0v) is 19.4. The fraction of sp³-hybridized carbons (Fsp3) is 0.348. The van der Waals surface area contributed by atoms with E-state index in [-0.39, 0.29) is 16.7 Å². The number of fused-ring (bicyclic) bond motifs is 1. The maximum atomic E-state index is 13.4. The average molecular weight is 487 g/mol. The molecule has 3 heterocycles. The average Bonchev–Trinajstić information content (AvgIpc) is 3.41. The highest BCUT2D eigenvalue weighted by molar-refractivity contribution is 7.90. The van der Waals surface area contributed by atoms with E-state index in [4.69, 9.17) is 11.6 Å². The number of piperazine rings is 1. The van der Waals surface area contributed by atoms with Crippen LogP contribution in [0.1, 0.15) is 28.8 Å². The summed E-state index contributed by atoms with van der Waals surface area (Å²) in [5.41, 5.74) is 1.12. The van der Waals surface area contributed by atoms with E-state index < -0.39 is 16.1 Å². The molecule has 10 heteroatoms. The van der Waals surface area contributed by atoms with Gasteiger partial charge in [0.15, 0.2) is 5.84 Å². The van der Waals surface area contributed by atoms with E-state index >= 15 is 0 Å². The first kappa shape index (κ1) is 21.9. The van der Waals surface area contributed by atoms with E-state index in [1.165, 1.54) is 0 Å². The van der Waals surface area contributed by atoms with Crippen LogP contribution in [0.4, 0.5) is 0 Å². The molecule has 0 radical (unpaired) electrons. The molecule has 0 unspecified atom stereocenters. The van der Waals surface area contributed by atoms with Crippen LogP contribution in [0, 0.1) is 0 Å². The molecule has 0 bridgehead atoms. The van der Waals surface area contributed by atoms with Crippen LogP contribution in [-0.2, 0) is 14.8 Å². The third-order valence-electron chi connectivity index (χ3n) is 6.39. The lowest BCUT2D eigenvalue weighted by atomic mass is 10.1. The molecule has 0 spiro atoms. The van der Waals surface area contributed by atoms with Crippen LogP contribution in [0.2, 0.25) is 5.02 Å². The Labute approximate surface area is 197 Å². The molecule has 2 aromatic rings. The fourth-order valence-electron chi connectivity index (χ4n) is 4.69. The van der Waals surface area contributed by atoms with Gasteiger partial charge in [0.05, 0.1) is 0 Å². The highest BCUT2D eigenvalue weighted by Crippen LogP contribution is 2.31. The summed E-state index contributed by atoms with van der Waals surface area (Å²) in [6, 6.07) is 13.1. The van der Waals surface area contributed by atoms with Gasteiger partial charge in [0, 0.05) is 48.9 Å². The first-order valence-electron chi connectivity index (χ1n) is 10.9. The monoisotopic (exact) mass is 486 g/mol. The normalized spacial score (nSPS) is 21.7. The number of benzene rings is 2. The molecule has 2 fully saturated rings. The van der Waals surface area contributed by atoms with E-state index in [9.17, 15) is 18.0 Å². The molecule has 0 aliphatic carbocycles.